The van der Waals surface area contributed by atoms with Crippen LogP contribution in [0, 0.1) is 0 Å². The van der Waals surface area contributed by atoms with Gasteiger partial charge >= 0.3 is 5.97 Å². The highest BCUT2D eigenvalue weighted by Crippen LogP contribution is 2.11. The lowest BCUT2D eigenvalue weighted by molar-refractivity contribution is -0.146. The first-order valence-corrected chi connectivity index (χ1v) is 6.59. The summed E-state index contributed by atoms with van der Waals surface area (Å²) >= 11 is 3.35. The quantitative estimate of drug-likeness (QED) is 0.822. The summed E-state index contributed by atoms with van der Waals surface area (Å²) in [6.45, 7) is 2.35. The summed E-state index contributed by atoms with van der Waals surface area (Å²) in [6.07, 6.45) is 2.68. The van der Waals surface area contributed by atoms with Gasteiger partial charge in [-0.15, -0.1) is 0 Å². The van der Waals surface area contributed by atoms with Gasteiger partial charge < -0.3 is 10.5 Å². The Morgan fingerprint density at radius 1 is 1.41 bits per heavy atom. The SMILES string of the molecule is CCCC[C@H](N)C(=O)OCc1ccc(Br)cc1. The van der Waals surface area contributed by atoms with E-state index in [9.17, 15) is 4.79 Å². The van der Waals surface area contributed by atoms with E-state index in [1.54, 1.807) is 0 Å². The Kier molecular flexibility index (Phi) is 6.22. The number of ether oxygens (including phenoxy) is 1. The summed E-state index contributed by atoms with van der Waals surface area (Å²) in [4.78, 5) is 11.5. The first kappa shape index (κ1) is 14.2. The average molecular weight is 300 g/mol. The third-order valence-electron chi connectivity index (χ3n) is 2.47. The molecule has 0 saturated carbocycles. The zero-order valence-corrected chi connectivity index (χ0v) is 11.6. The molecule has 1 aromatic rings. The van der Waals surface area contributed by atoms with Crippen LogP contribution in [0.25, 0.3) is 0 Å². The van der Waals surface area contributed by atoms with Crippen molar-refractivity contribution in [3.63, 3.8) is 0 Å². The third-order valence-corrected chi connectivity index (χ3v) is 2.99. The van der Waals surface area contributed by atoms with Gasteiger partial charge in [-0.25, -0.2) is 0 Å². The minimum atomic E-state index is -0.495. The molecule has 0 radical (unpaired) electrons. The van der Waals surface area contributed by atoms with Crippen molar-refractivity contribution in [2.45, 2.75) is 38.8 Å². The molecule has 0 saturated heterocycles. The lowest BCUT2D eigenvalue weighted by Gasteiger charge is -2.10. The second-order valence-corrected chi connectivity index (χ2v) is 4.90. The molecule has 3 nitrogen and oxygen atoms in total. The number of halogens is 1. The standard InChI is InChI=1S/C13H18BrNO2/c1-2-3-4-12(15)13(16)17-9-10-5-7-11(14)8-6-10/h5-8,12H,2-4,9,15H2,1H3/t12-/m0/s1. The van der Waals surface area contributed by atoms with Crippen molar-refractivity contribution in [3.8, 4) is 0 Å². The van der Waals surface area contributed by atoms with E-state index >= 15 is 0 Å². The van der Waals surface area contributed by atoms with Crippen molar-refractivity contribution in [2.75, 3.05) is 0 Å². The van der Waals surface area contributed by atoms with Gasteiger partial charge in [-0.2, -0.15) is 0 Å². The van der Waals surface area contributed by atoms with E-state index in [1.165, 1.54) is 0 Å². The first-order valence-electron chi connectivity index (χ1n) is 5.80. The molecule has 2 N–H and O–H groups in total. The Balaban J connectivity index is 2.34. The van der Waals surface area contributed by atoms with E-state index in [-0.39, 0.29) is 12.6 Å². The molecular formula is C13H18BrNO2. The maximum Gasteiger partial charge on any atom is 0.323 e. The fraction of sp³-hybridized carbons (Fsp3) is 0.462. The molecule has 4 heteroatoms. The van der Waals surface area contributed by atoms with Crippen molar-refractivity contribution in [3.05, 3.63) is 34.3 Å². The molecule has 0 fully saturated rings. The number of carbonyl (C=O) groups is 1. The van der Waals surface area contributed by atoms with Crippen LogP contribution in [0.3, 0.4) is 0 Å². The molecule has 17 heavy (non-hydrogen) atoms. The third kappa shape index (κ3) is 5.33. The van der Waals surface area contributed by atoms with Crippen LogP contribution in [-0.4, -0.2) is 12.0 Å². The molecule has 1 atom stereocenters. The zero-order chi connectivity index (χ0) is 12.7. The first-order chi connectivity index (χ1) is 8.13. The summed E-state index contributed by atoms with van der Waals surface area (Å²) in [6, 6.07) is 7.16. The predicted octanol–water partition coefficient (Wildman–Crippen LogP) is 3.01. The molecule has 1 rings (SSSR count). The fourth-order valence-corrected chi connectivity index (χ4v) is 1.65. The largest absolute Gasteiger partial charge is 0.460 e. The van der Waals surface area contributed by atoms with Crippen molar-refractivity contribution in [2.24, 2.45) is 5.73 Å². The topological polar surface area (TPSA) is 52.3 Å². The van der Waals surface area contributed by atoms with Crippen molar-refractivity contribution in [1.82, 2.24) is 0 Å². The molecular weight excluding hydrogens is 282 g/mol. The Morgan fingerprint density at radius 3 is 2.65 bits per heavy atom. The summed E-state index contributed by atoms with van der Waals surface area (Å²) in [7, 11) is 0. The normalized spacial score (nSPS) is 12.2. The van der Waals surface area contributed by atoms with Gasteiger partial charge in [-0.1, -0.05) is 47.8 Å². The second-order valence-electron chi connectivity index (χ2n) is 3.98. The fourth-order valence-electron chi connectivity index (χ4n) is 1.38. The molecule has 1 aromatic carbocycles. The van der Waals surface area contributed by atoms with Crippen LogP contribution in [-0.2, 0) is 16.1 Å². The van der Waals surface area contributed by atoms with Gasteiger partial charge in [-0.05, 0) is 24.1 Å². The smallest absolute Gasteiger partial charge is 0.323 e. The molecule has 94 valence electrons. The van der Waals surface area contributed by atoms with E-state index < -0.39 is 6.04 Å². The molecule has 0 aliphatic rings. The lowest BCUT2D eigenvalue weighted by Crippen LogP contribution is -2.32. The number of benzene rings is 1. The Hall–Kier alpha value is -0.870. The molecule has 0 aliphatic carbocycles. The molecule has 0 unspecified atom stereocenters. The van der Waals surface area contributed by atoms with Crippen LogP contribution < -0.4 is 5.73 Å². The molecule has 0 bridgehead atoms. The maximum absolute atomic E-state index is 11.5. The number of hydrogen-bond acceptors (Lipinski definition) is 3. The molecule has 0 heterocycles. The monoisotopic (exact) mass is 299 g/mol. The Morgan fingerprint density at radius 2 is 2.06 bits per heavy atom. The van der Waals surface area contributed by atoms with Gasteiger partial charge in [0, 0.05) is 4.47 Å². The number of carbonyl (C=O) groups excluding carboxylic acids is 1. The van der Waals surface area contributed by atoms with Gasteiger partial charge in [0.25, 0.3) is 0 Å². The van der Waals surface area contributed by atoms with Crippen LogP contribution in [0.5, 0.6) is 0 Å². The summed E-state index contributed by atoms with van der Waals surface area (Å²) in [5.41, 5.74) is 6.67. The highest BCUT2D eigenvalue weighted by atomic mass is 79.9. The summed E-state index contributed by atoms with van der Waals surface area (Å²) < 4.78 is 6.15. The van der Waals surface area contributed by atoms with Crippen LogP contribution in [0.15, 0.2) is 28.7 Å². The second kappa shape index (κ2) is 7.45. The summed E-state index contributed by atoms with van der Waals surface area (Å²) in [5.74, 6) is -0.318. The number of esters is 1. The van der Waals surface area contributed by atoms with Gasteiger partial charge in [0.05, 0.1) is 0 Å². The van der Waals surface area contributed by atoms with Crippen LogP contribution >= 0.6 is 15.9 Å². The van der Waals surface area contributed by atoms with Gasteiger partial charge in [-0.3, -0.25) is 4.79 Å². The van der Waals surface area contributed by atoms with Crippen molar-refractivity contribution < 1.29 is 9.53 Å². The van der Waals surface area contributed by atoms with Gasteiger partial charge in [0.1, 0.15) is 12.6 Å². The number of hydrogen-bond donors (Lipinski definition) is 1. The highest BCUT2D eigenvalue weighted by molar-refractivity contribution is 9.10. The number of unbranched alkanes of at least 4 members (excludes halogenated alkanes) is 1. The Bertz CT molecular complexity index is 351. The highest BCUT2D eigenvalue weighted by Gasteiger charge is 2.13. The lowest BCUT2D eigenvalue weighted by atomic mass is 10.1. The van der Waals surface area contributed by atoms with Crippen LogP contribution in [0.4, 0.5) is 0 Å². The predicted molar refractivity (Wildman–Crippen MR) is 71.4 cm³/mol. The van der Waals surface area contributed by atoms with Crippen LogP contribution in [0.2, 0.25) is 0 Å². The van der Waals surface area contributed by atoms with Gasteiger partial charge in [0.15, 0.2) is 0 Å². The van der Waals surface area contributed by atoms with E-state index in [0.29, 0.717) is 6.42 Å². The summed E-state index contributed by atoms with van der Waals surface area (Å²) in [5, 5.41) is 0. The van der Waals surface area contributed by atoms with E-state index in [1.807, 2.05) is 24.3 Å². The van der Waals surface area contributed by atoms with Gasteiger partial charge in [0.2, 0.25) is 0 Å². The van der Waals surface area contributed by atoms with Crippen LogP contribution in [0.1, 0.15) is 31.7 Å². The van der Waals surface area contributed by atoms with E-state index in [4.69, 9.17) is 10.5 Å². The maximum atomic E-state index is 11.5. The van der Waals surface area contributed by atoms with Crippen molar-refractivity contribution >= 4 is 21.9 Å². The zero-order valence-electron chi connectivity index (χ0n) is 9.99. The number of nitrogens with two attached hydrogens (primary N) is 1. The average Bonchev–Trinajstić information content (AvgIpc) is 2.34. The molecule has 0 aromatic heterocycles. The molecule has 0 spiro atoms. The molecule has 0 aliphatic heterocycles. The Labute approximate surface area is 110 Å². The van der Waals surface area contributed by atoms with E-state index in [2.05, 4.69) is 22.9 Å². The minimum Gasteiger partial charge on any atom is -0.460 e. The van der Waals surface area contributed by atoms with E-state index in [0.717, 1.165) is 22.9 Å². The number of rotatable bonds is 6. The molecule has 0 amide bonds. The van der Waals surface area contributed by atoms with Crippen molar-refractivity contribution in [1.29, 1.82) is 0 Å². The minimum absolute atomic E-state index is 0.284.